The van der Waals surface area contributed by atoms with Crippen molar-refractivity contribution in [3.8, 4) is 0 Å². The van der Waals surface area contributed by atoms with Crippen LogP contribution in [0.4, 0.5) is 0 Å². The second-order valence-electron chi connectivity index (χ2n) is 3.18. The first-order chi connectivity index (χ1) is 7.10. The zero-order valence-electron chi connectivity index (χ0n) is 8.95. The molecule has 1 rings (SSSR count). The minimum Gasteiger partial charge on any atom is -0.316 e. The fourth-order valence-corrected chi connectivity index (χ4v) is 2.31. The van der Waals surface area contributed by atoms with Crippen molar-refractivity contribution in [2.24, 2.45) is 0 Å². The van der Waals surface area contributed by atoms with Crippen LogP contribution in [0, 0.1) is 0 Å². The Morgan fingerprint density at radius 3 is 2.27 bits per heavy atom. The normalized spacial score (nSPS) is 11.6. The highest BCUT2D eigenvalue weighted by Crippen LogP contribution is 2.09. The van der Waals surface area contributed by atoms with Crippen LogP contribution in [0.5, 0.6) is 0 Å². The van der Waals surface area contributed by atoms with Crippen LogP contribution in [0.15, 0.2) is 29.2 Å². The highest BCUT2D eigenvalue weighted by atomic mass is 32.2. The molecular formula is C10H16N2O2S. The number of hydrogen-bond donors (Lipinski definition) is 2. The van der Waals surface area contributed by atoms with E-state index in [-0.39, 0.29) is 0 Å². The Labute approximate surface area is 90.8 Å². The van der Waals surface area contributed by atoms with Gasteiger partial charge in [0, 0.05) is 13.1 Å². The highest BCUT2D eigenvalue weighted by Gasteiger charge is 2.11. The topological polar surface area (TPSA) is 58.2 Å². The molecule has 0 atom stereocenters. The van der Waals surface area contributed by atoms with Crippen molar-refractivity contribution in [3.05, 3.63) is 29.8 Å². The highest BCUT2D eigenvalue weighted by molar-refractivity contribution is 7.89. The number of hydrogen-bond acceptors (Lipinski definition) is 3. The van der Waals surface area contributed by atoms with E-state index in [1.165, 1.54) is 0 Å². The van der Waals surface area contributed by atoms with Crippen molar-refractivity contribution in [3.63, 3.8) is 0 Å². The number of benzene rings is 1. The fourth-order valence-electron chi connectivity index (χ4n) is 1.26. The van der Waals surface area contributed by atoms with Crippen LogP contribution in [0.2, 0.25) is 0 Å². The van der Waals surface area contributed by atoms with Gasteiger partial charge in [0.2, 0.25) is 10.0 Å². The second kappa shape index (κ2) is 5.25. The van der Waals surface area contributed by atoms with Crippen molar-refractivity contribution in [1.29, 1.82) is 0 Å². The number of sulfonamides is 1. The third kappa shape index (κ3) is 3.30. The van der Waals surface area contributed by atoms with Crippen LogP contribution in [-0.4, -0.2) is 22.0 Å². The molecule has 0 saturated heterocycles. The zero-order chi connectivity index (χ0) is 11.3. The first-order valence-electron chi connectivity index (χ1n) is 4.83. The van der Waals surface area contributed by atoms with E-state index in [4.69, 9.17) is 0 Å². The molecule has 0 heterocycles. The van der Waals surface area contributed by atoms with Gasteiger partial charge in [0.1, 0.15) is 0 Å². The lowest BCUT2D eigenvalue weighted by Gasteiger charge is -2.05. The minimum absolute atomic E-state index is 0.309. The molecule has 1 aromatic rings. The van der Waals surface area contributed by atoms with E-state index in [9.17, 15) is 8.42 Å². The van der Waals surface area contributed by atoms with Crippen molar-refractivity contribution < 1.29 is 8.42 Å². The van der Waals surface area contributed by atoms with Crippen molar-refractivity contribution in [2.75, 3.05) is 13.6 Å². The van der Waals surface area contributed by atoms with Crippen molar-refractivity contribution in [2.45, 2.75) is 18.4 Å². The molecular weight excluding hydrogens is 212 g/mol. The van der Waals surface area contributed by atoms with E-state index < -0.39 is 10.0 Å². The summed E-state index contributed by atoms with van der Waals surface area (Å²) in [5.41, 5.74) is 1.06. The molecule has 84 valence electrons. The van der Waals surface area contributed by atoms with E-state index in [1.54, 1.807) is 31.2 Å². The van der Waals surface area contributed by atoms with Gasteiger partial charge in [-0.1, -0.05) is 19.1 Å². The maximum Gasteiger partial charge on any atom is 0.240 e. The van der Waals surface area contributed by atoms with Crippen LogP contribution < -0.4 is 10.0 Å². The molecule has 0 saturated carbocycles. The van der Waals surface area contributed by atoms with Gasteiger partial charge >= 0.3 is 0 Å². The maximum absolute atomic E-state index is 11.6. The molecule has 0 fully saturated rings. The van der Waals surface area contributed by atoms with Crippen LogP contribution in [0.25, 0.3) is 0 Å². The van der Waals surface area contributed by atoms with E-state index in [1.807, 2.05) is 7.05 Å². The summed E-state index contributed by atoms with van der Waals surface area (Å²) < 4.78 is 25.6. The van der Waals surface area contributed by atoms with Crippen molar-refractivity contribution >= 4 is 10.0 Å². The quantitative estimate of drug-likeness (QED) is 0.780. The predicted molar refractivity (Wildman–Crippen MR) is 60.1 cm³/mol. The van der Waals surface area contributed by atoms with Gasteiger partial charge in [-0.05, 0) is 24.7 Å². The third-order valence-electron chi connectivity index (χ3n) is 1.95. The largest absolute Gasteiger partial charge is 0.316 e. The fraction of sp³-hybridized carbons (Fsp3) is 0.400. The molecule has 1 aromatic carbocycles. The molecule has 0 aliphatic carbocycles. The summed E-state index contributed by atoms with van der Waals surface area (Å²) >= 11 is 0. The standard InChI is InChI=1S/C10H16N2O2S/c1-3-12-15(13,14)10-6-4-9(5-7-10)8-11-2/h4-7,11-12H,3,8H2,1-2H3. The first kappa shape index (κ1) is 12.2. The Morgan fingerprint density at radius 1 is 1.20 bits per heavy atom. The minimum atomic E-state index is -3.31. The summed E-state index contributed by atoms with van der Waals surface area (Å²) in [6.45, 7) is 2.90. The molecule has 2 N–H and O–H groups in total. The summed E-state index contributed by atoms with van der Waals surface area (Å²) in [5, 5.41) is 3.00. The van der Waals surface area contributed by atoms with Gasteiger partial charge in [0.15, 0.2) is 0 Å². The van der Waals surface area contributed by atoms with Gasteiger partial charge in [0.05, 0.1) is 4.90 Å². The van der Waals surface area contributed by atoms with Gasteiger partial charge in [-0.3, -0.25) is 0 Å². The number of rotatable bonds is 5. The lowest BCUT2D eigenvalue weighted by Crippen LogP contribution is -2.23. The molecule has 0 aromatic heterocycles. The van der Waals surface area contributed by atoms with Gasteiger partial charge in [0.25, 0.3) is 0 Å². The van der Waals surface area contributed by atoms with E-state index in [2.05, 4.69) is 10.0 Å². The summed E-state index contributed by atoms with van der Waals surface area (Å²) in [6, 6.07) is 6.84. The molecule has 0 radical (unpaired) electrons. The molecule has 5 heteroatoms. The predicted octanol–water partition coefficient (Wildman–Crippen LogP) is 0.704. The van der Waals surface area contributed by atoms with Gasteiger partial charge in [-0.15, -0.1) is 0 Å². The van der Waals surface area contributed by atoms with Crippen LogP contribution in [-0.2, 0) is 16.6 Å². The second-order valence-corrected chi connectivity index (χ2v) is 4.94. The monoisotopic (exact) mass is 228 g/mol. The van der Waals surface area contributed by atoms with Crippen LogP contribution in [0.1, 0.15) is 12.5 Å². The first-order valence-corrected chi connectivity index (χ1v) is 6.31. The molecule has 4 nitrogen and oxygen atoms in total. The molecule has 0 amide bonds. The molecule has 0 aliphatic rings. The molecule has 15 heavy (non-hydrogen) atoms. The SMILES string of the molecule is CCNS(=O)(=O)c1ccc(CNC)cc1. The third-order valence-corrected chi connectivity index (χ3v) is 3.51. The maximum atomic E-state index is 11.6. The van der Waals surface area contributed by atoms with Crippen LogP contribution in [0.3, 0.4) is 0 Å². The molecule has 0 bridgehead atoms. The molecule has 0 unspecified atom stereocenters. The van der Waals surface area contributed by atoms with Gasteiger partial charge in [-0.2, -0.15) is 0 Å². The summed E-state index contributed by atoms with van der Waals surface area (Å²) in [4.78, 5) is 0.309. The van der Waals surface area contributed by atoms with Gasteiger partial charge in [-0.25, -0.2) is 13.1 Å². The number of nitrogens with one attached hydrogen (secondary N) is 2. The Morgan fingerprint density at radius 2 is 1.80 bits per heavy atom. The summed E-state index contributed by atoms with van der Waals surface area (Å²) in [6.07, 6.45) is 0. The van der Waals surface area contributed by atoms with Crippen molar-refractivity contribution in [1.82, 2.24) is 10.0 Å². The Balaban J connectivity index is 2.89. The van der Waals surface area contributed by atoms with Crippen LogP contribution >= 0.6 is 0 Å². The Kier molecular flexibility index (Phi) is 4.26. The average molecular weight is 228 g/mol. The van der Waals surface area contributed by atoms with Gasteiger partial charge < -0.3 is 5.32 Å². The lowest BCUT2D eigenvalue weighted by molar-refractivity contribution is 0.584. The summed E-state index contributed by atoms with van der Waals surface area (Å²) in [5.74, 6) is 0. The smallest absolute Gasteiger partial charge is 0.240 e. The summed E-state index contributed by atoms with van der Waals surface area (Å²) in [7, 11) is -1.46. The van der Waals surface area contributed by atoms with E-state index in [0.29, 0.717) is 11.4 Å². The Hall–Kier alpha value is -0.910. The lowest BCUT2D eigenvalue weighted by atomic mass is 10.2. The van der Waals surface area contributed by atoms with E-state index >= 15 is 0 Å². The van der Waals surface area contributed by atoms with E-state index in [0.717, 1.165) is 12.1 Å². The average Bonchev–Trinajstić information content (AvgIpc) is 2.19. The molecule has 0 aliphatic heterocycles. The Bertz CT molecular complexity index is 398. The zero-order valence-corrected chi connectivity index (χ0v) is 9.76. The molecule has 0 spiro atoms.